The number of piperidine rings is 1. The second-order valence-corrected chi connectivity index (χ2v) is 10.4. The summed E-state index contributed by atoms with van der Waals surface area (Å²) in [7, 11) is -1.52. The first-order valence-electron chi connectivity index (χ1n) is 8.76. The summed E-state index contributed by atoms with van der Waals surface area (Å²) in [5.74, 6) is 0.679. The van der Waals surface area contributed by atoms with Gasteiger partial charge >= 0.3 is 0 Å². The maximum absolute atomic E-state index is 12.5. The number of fused-ring (bicyclic) bond motifs is 1. The Hall–Kier alpha value is -1.29. The Morgan fingerprint density at radius 3 is 2.50 bits per heavy atom. The van der Waals surface area contributed by atoms with Crippen LogP contribution in [0.15, 0.2) is 4.79 Å². The van der Waals surface area contributed by atoms with Gasteiger partial charge in [-0.05, 0) is 39.2 Å². The Morgan fingerprint density at radius 2 is 1.92 bits per heavy atom. The molecule has 0 bridgehead atoms. The molecule has 0 spiro atoms. The van der Waals surface area contributed by atoms with Crippen molar-refractivity contribution in [1.82, 2.24) is 19.2 Å². The standard InChI is InChI=1S/C17H26N4O3S2/c1-10-12(3)25-17-14(10)16(22)18-15(19-17)11(2)21-8-6-13(7-9-21)20(4)26(5,23)24/h11,13H,6-9H2,1-5H3,(H,18,19,22). The average molecular weight is 399 g/mol. The molecule has 1 fully saturated rings. The minimum absolute atomic E-state index is 0.0145. The zero-order chi connectivity index (χ0) is 19.2. The SMILES string of the molecule is Cc1sc2nc(C(C)N3CCC(N(C)S(C)(=O)=O)CC3)[nH]c(=O)c2c1C. The molecule has 9 heteroatoms. The number of hydrogen-bond donors (Lipinski definition) is 1. The van der Waals surface area contributed by atoms with Crippen LogP contribution in [-0.2, 0) is 10.0 Å². The van der Waals surface area contributed by atoms with Gasteiger partial charge in [-0.3, -0.25) is 9.69 Å². The Morgan fingerprint density at radius 1 is 1.31 bits per heavy atom. The third-order valence-electron chi connectivity index (χ3n) is 5.54. The van der Waals surface area contributed by atoms with Gasteiger partial charge in [0.2, 0.25) is 10.0 Å². The molecule has 2 aromatic rings. The first-order chi connectivity index (χ1) is 12.1. The van der Waals surface area contributed by atoms with E-state index < -0.39 is 10.0 Å². The highest BCUT2D eigenvalue weighted by Gasteiger charge is 2.30. The van der Waals surface area contributed by atoms with Gasteiger partial charge in [-0.25, -0.2) is 17.7 Å². The second kappa shape index (κ2) is 7.03. The summed E-state index contributed by atoms with van der Waals surface area (Å²) >= 11 is 1.56. The predicted octanol–water partition coefficient (Wildman–Crippen LogP) is 2.02. The Kier molecular flexibility index (Phi) is 5.26. The molecule has 1 saturated heterocycles. The molecule has 3 heterocycles. The molecule has 144 valence electrons. The highest BCUT2D eigenvalue weighted by atomic mass is 32.2. The van der Waals surface area contributed by atoms with E-state index in [0.29, 0.717) is 11.2 Å². The van der Waals surface area contributed by atoms with Gasteiger partial charge in [0.25, 0.3) is 5.56 Å². The van der Waals surface area contributed by atoms with E-state index in [1.54, 1.807) is 18.4 Å². The monoisotopic (exact) mass is 398 g/mol. The smallest absolute Gasteiger partial charge is 0.259 e. The van der Waals surface area contributed by atoms with Gasteiger partial charge in [0.15, 0.2) is 0 Å². The molecule has 2 aromatic heterocycles. The largest absolute Gasteiger partial charge is 0.309 e. The molecule has 7 nitrogen and oxygen atoms in total. The normalized spacial score (nSPS) is 18.7. The van der Waals surface area contributed by atoms with Crippen LogP contribution in [-0.4, -0.2) is 60.0 Å². The molecule has 3 rings (SSSR count). The molecule has 1 aliphatic rings. The van der Waals surface area contributed by atoms with Gasteiger partial charge in [0.05, 0.1) is 17.7 Å². The molecular weight excluding hydrogens is 372 g/mol. The molecular formula is C17H26N4O3S2. The van der Waals surface area contributed by atoms with Gasteiger partial charge in [0, 0.05) is 31.1 Å². The van der Waals surface area contributed by atoms with Crippen molar-refractivity contribution in [2.75, 3.05) is 26.4 Å². The number of likely N-dealkylation sites (tertiary alicyclic amines) is 1. The zero-order valence-electron chi connectivity index (χ0n) is 15.9. The average Bonchev–Trinajstić information content (AvgIpc) is 2.87. The van der Waals surface area contributed by atoms with Crippen molar-refractivity contribution in [2.24, 2.45) is 0 Å². The fourth-order valence-electron chi connectivity index (χ4n) is 3.55. The number of H-pyrrole nitrogens is 1. The second-order valence-electron chi connectivity index (χ2n) is 7.14. The molecule has 0 aliphatic carbocycles. The fraction of sp³-hybridized carbons (Fsp3) is 0.647. The van der Waals surface area contributed by atoms with Crippen LogP contribution in [0.1, 0.15) is 42.1 Å². The summed E-state index contributed by atoms with van der Waals surface area (Å²) in [6.45, 7) is 7.55. The summed E-state index contributed by atoms with van der Waals surface area (Å²) in [5.41, 5.74) is 0.924. The van der Waals surface area contributed by atoms with Crippen LogP contribution < -0.4 is 5.56 Å². The van der Waals surface area contributed by atoms with E-state index in [-0.39, 0.29) is 17.6 Å². The van der Waals surface area contributed by atoms with Crippen molar-refractivity contribution in [2.45, 2.75) is 45.7 Å². The van der Waals surface area contributed by atoms with Crippen LogP contribution in [0.25, 0.3) is 10.2 Å². The highest BCUT2D eigenvalue weighted by molar-refractivity contribution is 7.88. The van der Waals surface area contributed by atoms with Crippen LogP contribution in [0.5, 0.6) is 0 Å². The zero-order valence-corrected chi connectivity index (χ0v) is 17.5. The quantitative estimate of drug-likeness (QED) is 0.851. The van der Waals surface area contributed by atoms with Crippen molar-refractivity contribution in [3.8, 4) is 0 Å². The Balaban J connectivity index is 1.78. The number of sulfonamides is 1. The molecule has 0 amide bonds. The topological polar surface area (TPSA) is 86.4 Å². The summed E-state index contributed by atoms with van der Waals surface area (Å²) < 4.78 is 24.9. The van der Waals surface area contributed by atoms with Crippen LogP contribution in [0.3, 0.4) is 0 Å². The highest BCUT2D eigenvalue weighted by Crippen LogP contribution is 2.29. The van der Waals surface area contributed by atoms with Gasteiger partial charge in [-0.1, -0.05) is 0 Å². The minimum Gasteiger partial charge on any atom is -0.309 e. The van der Waals surface area contributed by atoms with Crippen molar-refractivity contribution in [3.63, 3.8) is 0 Å². The van der Waals surface area contributed by atoms with E-state index in [1.807, 2.05) is 20.8 Å². The maximum Gasteiger partial charge on any atom is 0.259 e. The number of thiophene rings is 1. The third kappa shape index (κ3) is 3.58. The lowest BCUT2D eigenvalue weighted by atomic mass is 10.0. The van der Waals surface area contributed by atoms with Crippen LogP contribution >= 0.6 is 11.3 Å². The molecule has 0 radical (unpaired) electrons. The fourth-order valence-corrected chi connectivity index (χ4v) is 5.34. The molecule has 0 aromatic carbocycles. The van der Waals surface area contributed by atoms with Gasteiger partial charge in [-0.2, -0.15) is 0 Å². The number of aromatic amines is 1. The first-order valence-corrected chi connectivity index (χ1v) is 11.4. The number of nitrogens with one attached hydrogen (secondary N) is 1. The minimum atomic E-state index is -3.17. The van der Waals surface area contributed by atoms with E-state index in [1.165, 1.54) is 10.6 Å². The molecule has 26 heavy (non-hydrogen) atoms. The number of aryl methyl sites for hydroxylation is 2. The lowest BCUT2D eigenvalue weighted by Crippen LogP contribution is -2.46. The van der Waals surface area contributed by atoms with Gasteiger partial charge in [-0.15, -0.1) is 11.3 Å². The van der Waals surface area contributed by atoms with Crippen LogP contribution in [0, 0.1) is 13.8 Å². The number of aromatic nitrogens is 2. The molecule has 1 unspecified atom stereocenters. The van der Waals surface area contributed by atoms with E-state index in [9.17, 15) is 13.2 Å². The Labute approximate surface area is 158 Å². The van der Waals surface area contributed by atoms with Crippen molar-refractivity contribution >= 4 is 31.6 Å². The van der Waals surface area contributed by atoms with E-state index in [0.717, 1.165) is 41.2 Å². The van der Waals surface area contributed by atoms with Crippen LogP contribution in [0.2, 0.25) is 0 Å². The van der Waals surface area contributed by atoms with Crippen molar-refractivity contribution < 1.29 is 8.42 Å². The third-order valence-corrected chi connectivity index (χ3v) is 7.98. The summed E-state index contributed by atoms with van der Waals surface area (Å²) in [5, 5.41) is 0.692. The molecule has 1 aliphatic heterocycles. The maximum atomic E-state index is 12.5. The number of hydrogen-bond acceptors (Lipinski definition) is 6. The van der Waals surface area contributed by atoms with E-state index in [4.69, 9.17) is 4.98 Å². The summed E-state index contributed by atoms with van der Waals surface area (Å²) in [6, 6.07) is 0.0184. The van der Waals surface area contributed by atoms with E-state index >= 15 is 0 Å². The molecule has 1 N–H and O–H groups in total. The number of rotatable bonds is 4. The van der Waals surface area contributed by atoms with E-state index in [2.05, 4.69) is 9.88 Å². The van der Waals surface area contributed by atoms with Gasteiger partial charge < -0.3 is 4.98 Å². The molecule has 1 atom stereocenters. The lowest BCUT2D eigenvalue weighted by molar-refractivity contribution is 0.129. The molecule has 0 saturated carbocycles. The van der Waals surface area contributed by atoms with Crippen molar-refractivity contribution in [1.29, 1.82) is 0 Å². The van der Waals surface area contributed by atoms with Crippen LogP contribution in [0.4, 0.5) is 0 Å². The lowest BCUT2D eigenvalue weighted by Gasteiger charge is -2.38. The number of nitrogens with zero attached hydrogens (tertiary/aromatic N) is 3. The predicted molar refractivity (Wildman–Crippen MR) is 105 cm³/mol. The van der Waals surface area contributed by atoms with Crippen molar-refractivity contribution in [3.05, 3.63) is 26.6 Å². The summed E-state index contributed by atoms with van der Waals surface area (Å²) in [4.78, 5) is 24.3. The summed E-state index contributed by atoms with van der Waals surface area (Å²) in [6.07, 6.45) is 2.80. The van der Waals surface area contributed by atoms with Gasteiger partial charge in [0.1, 0.15) is 10.7 Å². The first kappa shape index (κ1) is 19.5. The Bertz CT molecular complexity index is 972.